The number of nitrogens with two attached hydrogens (primary N) is 2. The van der Waals surface area contributed by atoms with Gasteiger partial charge in [-0.25, -0.2) is 4.79 Å². The van der Waals surface area contributed by atoms with Gasteiger partial charge < -0.3 is 16.6 Å². The molecule has 8 heteroatoms. The van der Waals surface area contributed by atoms with Crippen LogP contribution in [0.25, 0.3) is 0 Å². The average Bonchev–Trinajstić information content (AvgIpc) is 2.87. The Kier molecular flexibility index (Phi) is 6.22. The molecule has 0 aromatic heterocycles. The van der Waals surface area contributed by atoms with Gasteiger partial charge in [-0.3, -0.25) is 0 Å². The van der Waals surface area contributed by atoms with E-state index >= 15 is 0 Å². The first-order chi connectivity index (χ1) is 10.1. The van der Waals surface area contributed by atoms with Crippen LogP contribution in [-0.4, -0.2) is 22.8 Å². The van der Waals surface area contributed by atoms with Gasteiger partial charge in [0.15, 0.2) is 0 Å². The molecule has 0 spiro atoms. The fourth-order valence-corrected chi connectivity index (χ4v) is 2.47. The quantitative estimate of drug-likeness (QED) is 0.772. The maximum Gasteiger partial charge on any atom is 0.490 e. The van der Waals surface area contributed by atoms with E-state index in [0.717, 1.165) is 23.4 Å². The Balaban J connectivity index is 0.000000295. The summed E-state index contributed by atoms with van der Waals surface area (Å²) in [5.41, 5.74) is 13.4. The van der Waals surface area contributed by atoms with Gasteiger partial charge >= 0.3 is 12.1 Å². The lowest BCUT2D eigenvalue weighted by atomic mass is 9.85. The second-order valence-corrected chi connectivity index (χ2v) is 5.71. The van der Waals surface area contributed by atoms with Gasteiger partial charge in [0.2, 0.25) is 0 Å². The minimum absolute atomic E-state index is 0.0720. The number of benzene rings is 1. The normalized spacial score (nSPS) is 18.3. The highest BCUT2D eigenvalue weighted by Gasteiger charge is 2.38. The van der Waals surface area contributed by atoms with E-state index in [1.807, 2.05) is 24.3 Å². The van der Waals surface area contributed by atoms with Gasteiger partial charge in [0, 0.05) is 16.6 Å². The fourth-order valence-electron chi connectivity index (χ4n) is 2.35. The van der Waals surface area contributed by atoms with Gasteiger partial charge in [0.05, 0.1) is 0 Å². The molecule has 1 atom stereocenters. The van der Waals surface area contributed by atoms with Crippen LogP contribution in [0.5, 0.6) is 0 Å². The highest BCUT2D eigenvalue weighted by atomic mass is 35.5. The van der Waals surface area contributed by atoms with Crippen molar-refractivity contribution in [2.75, 3.05) is 0 Å². The molecule has 5 N–H and O–H groups in total. The number of hydrogen-bond donors (Lipinski definition) is 3. The topological polar surface area (TPSA) is 89.3 Å². The maximum absolute atomic E-state index is 10.6. The Hall–Kier alpha value is -1.31. The van der Waals surface area contributed by atoms with Crippen LogP contribution in [0.2, 0.25) is 5.02 Å². The van der Waals surface area contributed by atoms with Gasteiger partial charge in [-0.15, -0.1) is 0 Å². The summed E-state index contributed by atoms with van der Waals surface area (Å²) in [6, 6.07) is 7.61. The molecule has 0 heterocycles. The predicted molar refractivity (Wildman–Crippen MR) is 77.5 cm³/mol. The van der Waals surface area contributed by atoms with Crippen molar-refractivity contribution in [3.05, 3.63) is 34.9 Å². The molecule has 0 amide bonds. The van der Waals surface area contributed by atoms with Crippen LogP contribution >= 0.6 is 11.6 Å². The molecule has 0 radical (unpaired) electrons. The third-order valence-corrected chi connectivity index (χ3v) is 3.88. The minimum atomic E-state index is -5.08. The molecule has 22 heavy (non-hydrogen) atoms. The molecule has 2 rings (SSSR count). The number of rotatable bonds is 2. The third-order valence-electron chi connectivity index (χ3n) is 3.63. The van der Waals surface area contributed by atoms with E-state index in [4.69, 9.17) is 33.0 Å². The summed E-state index contributed by atoms with van der Waals surface area (Å²) in [5.74, 6) is -2.76. The van der Waals surface area contributed by atoms with E-state index in [0.29, 0.717) is 0 Å². The molecule has 0 saturated heterocycles. The van der Waals surface area contributed by atoms with Crippen molar-refractivity contribution in [3.63, 3.8) is 0 Å². The minimum Gasteiger partial charge on any atom is -0.475 e. The number of carboxylic acid groups (broad SMARTS) is 1. The van der Waals surface area contributed by atoms with E-state index in [9.17, 15) is 13.2 Å². The zero-order valence-corrected chi connectivity index (χ0v) is 12.5. The Labute approximate surface area is 131 Å². The lowest BCUT2D eigenvalue weighted by Gasteiger charge is -2.31. The van der Waals surface area contributed by atoms with Crippen LogP contribution in [0.1, 0.15) is 37.3 Å². The number of aliphatic carboxylic acids is 1. The number of alkyl halides is 3. The maximum atomic E-state index is 10.6. The second-order valence-electron chi connectivity index (χ2n) is 5.27. The van der Waals surface area contributed by atoms with Crippen LogP contribution in [0.4, 0.5) is 13.2 Å². The van der Waals surface area contributed by atoms with Crippen LogP contribution in [0.15, 0.2) is 24.3 Å². The van der Waals surface area contributed by atoms with Gasteiger partial charge in [-0.05, 0) is 30.5 Å². The fraction of sp³-hybridized carbons (Fsp3) is 0.500. The molecule has 1 aliphatic rings. The SMILES string of the molecule is NC(c1ccc(Cl)cc1)C1(N)CCCC1.O=C(O)C(F)(F)F. The first-order valence-electron chi connectivity index (χ1n) is 6.66. The summed E-state index contributed by atoms with van der Waals surface area (Å²) < 4.78 is 31.7. The first-order valence-corrected chi connectivity index (χ1v) is 7.04. The van der Waals surface area contributed by atoms with Crippen LogP contribution in [0.3, 0.4) is 0 Å². The smallest absolute Gasteiger partial charge is 0.475 e. The molecule has 124 valence electrons. The Morgan fingerprint density at radius 2 is 1.64 bits per heavy atom. The number of halogens is 4. The van der Waals surface area contributed by atoms with E-state index in [2.05, 4.69) is 0 Å². The molecule has 1 saturated carbocycles. The van der Waals surface area contributed by atoms with E-state index < -0.39 is 12.1 Å². The highest BCUT2D eigenvalue weighted by molar-refractivity contribution is 6.30. The van der Waals surface area contributed by atoms with Crippen molar-refractivity contribution in [2.45, 2.75) is 43.4 Å². The summed E-state index contributed by atoms with van der Waals surface area (Å²) in [6.45, 7) is 0. The van der Waals surface area contributed by atoms with Crippen molar-refractivity contribution in [2.24, 2.45) is 11.5 Å². The predicted octanol–water partition coefficient (Wildman–Crippen LogP) is 3.24. The van der Waals surface area contributed by atoms with Crippen LogP contribution in [-0.2, 0) is 4.79 Å². The largest absolute Gasteiger partial charge is 0.490 e. The van der Waals surface area contributed by atoms with Crippen LogP contribution < -0.4 is 11.5 Å². The lowest BCUT2D eigenvalue weighted by molar-refractivity contribution is -0.192. The summed E-state index contributed by atoms with van der Waals surface area (Å²) in [5, 5.41) is 7.86. The van der Waals surface area contributed by atoms with Gasteiger partial charge in [0.25, 0.3) is 0 Å². The van der Waals surface area contributed by atoms with Gasteiger partial charge in [-0.2, -0.15) is 13.2 Å². The Bertz CT molecular complexity index is 500. The van der Waals surface area contributed by atoms with Crippen molar-refractivity contribution in [1.29, 1.82) is 0 Å². The van der Waals surface area contributed by atoms with Gasteiger partial charge in [-0.1, -0.05) is 36.6 Å². The monoisotopic (exact) mass is 338 g/mol. The Morgan fingerprint density at radius 1 is 1.23 bits per heavy atom. The first kappa shape index (κ1) is 18.7. The van der Waals surface area contributed by atoms with E-state index in [1.54, 1.807) is 0 Å². The zero-order chi connectivity index (χ0) is 17.0. The van der Waals surface area contributed by atoms with Crippen LogP contribution in [0, 0.1) is 0 Å². The number of hydrogen-bond acceptors (Lipinski definition) is 3. The summed E-state index contributed by atoms with van der Waals surface area (Å²) in [7, 11) is 0. The molecule has 1 aromatic rings. The summed E-state index contributed by atoms with van der Waals surface area (Å²) in [4.78, 5) is 8.90. The number of carboxylic acids is 1. The zero-order valence-electron chi connectivity index (χ0n) is 11.7. The molecule has 1 aromatic carbocycles. The summed E-state index contributed by atoms with van der Waals surface area (Å²) in [6.07, 6.45) is -0.650. The van der Waals surface area contributed by atoms with E-state index in [-0.39, 0.29) is 11.6 Å². The molecule has 1 unspecified atom stereocenters. The van der Waals surface area contributed by atoms with Crippen molar-refractivity contribution in [1.82, 2.24) is 0 Å². The third kappa shape index (κ3) is 5.15. The van der Waals surface area contributed by atoms with E-state index in [1.165, 1.54) is 12.8 Å². The lowest BCUT2D eigenvalue weighted by Crippen LogP contribution is -2.47. The molecular weight excluding hydrogens is 321 g/mol. The van der Waals surface area contributed by atoms with Crippen molar-refractivity contribution >= 4 is 17.6 Å². The molecular formula is C14H18ClF3N2O2. The second kappa shape index (κ2) is 7.30. The molecule has 4 nitrogen and oxygen atoms in total. The van der Waals surface area contributed by atoms with Gasteiger partial charge in [0.1, 0.15) is 0 Å². The average molecular weight is 339 g/mol. The standard InChI is InChI=1S/C12H17ClN2.C2HF3O2/c13-10-5-3-9(4-6-10)11(14)12(15)7-1-2-8-12;3-2(4,5)1(6)7/h3-6,11H,1-2,7-8,14-15H2;(H,6,7). The van der Waals surface area contributed by atoms with Crippen molar-refractivity contribution < 1.29 is 23.1 Å². The molecule has 1 aliphatic carbocycles. The highest BCUT2D eigenvalue weighted by Crippen LogP contribution is 2.36. The molecule has 0 bridgehead atoms. The summed E-state index contributed by atoms with van der Waals surface area (Å²) >= 11 is 5.84. The molecule has 1 fully saturated rings. The Morgan fingerprint density at radius 3 is 2.00 bits per heavy atom. The number of carbonyl (C=O) groups is 1. The molecule has 0 aliphatic heterocycles. The van der Waals surface area contributed by atoms with Crippen molar-refractivity contribution in [3.8, 4) is 0 Å².